The highest BCUT2D eigenvalue weighted by Crippen LogP contribution is 2.26. The number of amides is 1. The number of carbonyl (C=O) groups is 1. The molecule has 0 saturated heterocycles. The first-order chi connectivity index (χ1) is 9.04. The second-order valence-corrected chi connectivity index (χ2v) is 5.15. The number of pyridine rings is 1. The summed E-state index contributed by atoms with van der Waals surface area (Å²) in [6.45, 7) is 3.77. The van der Waals surface area contributed by atoms with Gasteiger partial charge in [0.1, 0.15) is 5.56 Å². The molecule has 19 heavy (non-hydrogen) atoms. The number of aromatic nitrogens is 1. The van der Waals surface area contributed by atoms with Crippen molar-refractivity contribution in [1.82, 2.24) is 9.88 Å². The second-order valence-electron chi connectivity index (χ2n) is 5.15. The fraction of sp³-hybridized carbons (Fsp3) is 0.571. The van der Waals surface area contributed by atoms with Crippen LogP contribution in [0.5, 0.6) is 0 Å². The highest BCUT2D eigenvalue weighted by atomic mass is 16.3. The molecule has 0 unspecified atom stereocenters. The Morgan fingerprint density at radius 1 is 1.47 bits per heavy atom. The van der Waals surface area contributed by atoms with Crippen molar-refractivity contribution < 1.29 is 9.90 Å². The van der Waals surface area contributed by atoms with Crippen LogP contribution in [-0.4, -0.2) is 40.1 Å². The van der Waals surface area contributed by atoms with E-state index in [1.165, 1.54) is 0 Å². The van der Waals surface area contributed by atoms with Crippen LogP contribution in [0, 0.1) is 13.8 Å². The van der Waals surface area contributed by atoms with E-state index in [0.717, 1.165) is 25.0 Å². The Morgan fingerprint density at radius 2 is 2.16 bits per heavy atom. The first-order valence-electron chi connectivity index (χ1n) is 6.67. The number of aromatic amines is 1. The lowest BCUT2D eigenvalue weighted by molar-refractivity contribution is 0.0523. The first kappa shape index (κ1) is 13.8. The Kier molecular flexibility index (Phi) is 4.04. The van der Waals surface area contributed by atoms with Gasteiger partial charge in [0.05, 0.1) is 6.61 Å². The molecule has 1 heterocycles. The summed E-state index contributed by atoms with van der Waals surface area (Å²) in [4.78, 5) is 28.8. The molecule has 0 aliphatic heterocycles. The number of aliphatic hydroxyl groups excluding tert-OH is 1. The van der Waals surface area contributed by atoms with Crippen LogP contribution in [0.15, 0.2) is 10.9 Å². The molecular formula is C14H20N2O3. The molecule has 0 spiro atoms. The highest BCUT2D eigenvalue weighted by Gasteiger charge is 2.30. The molecule has 0 radical (unpaired) electrons. The van der Waals surface area contributed by atoms with Gasteiger partial charge in [-0.05, 0) is 44.7 Å². The molecular weight excluding hydrogens is 244 g/mol. The summed E-state index contributed by atoms with van der Waals surface area (Å²) in [6.07, 6.45) is 3.01. The van der Waals surface area contributed by atoms with Crippen molar-refractivity contribution in [1.29, 1.82) is 0 Å². The van der Waals surface area contributed by atoms with Gasteiger partial charge in [0.25, 0.3) is 11.5 Å². The van der Waals surface area contributed by atoms with Crippen LogP contribution in [0.3, 0.4) is 0 Å². The molecule has 2 N–H and O–H groups in total. The Balaban J connectivity index is 2.33. The minimum Gasteiger partial charge on any atom is -0.395 e. The third kappa shape index (κ3) is 2.71. The van der Waals surface area contributed by atoms with Gasteiger partial charge in [-0.3, -0.25) is 9.59 Å². The molecule has 5 heteroatoms. The van der Waals surface area contributed by atoms with E-state index < -0.39 is 0 Å². The zero-order valence-electron chi connectivity index (χ0n) is 11.4. The normalized spacial score (nSPS) is 15.1. The summed E-state index contributed by atoms with van der Waals surface area (Å²) in [7, 11) is 0. The molecule has 104 valence electrons. The zero-order chi connectivity index (χ0) is 14.0. The number of aliphatic hydroxyl groups is 1. The van der Waals surface area contributed by atoms with Crippen molar-refractivity contribution >= 4 is 5.91 Å². The van der Waals surface area contributed by atoms with Crippen molar-refractivity contribution in [3.63, 3.8) is 0 Å². The SMILES string of the molecule is Cc1cc(C)c(C(=O)N(CCO)C2CCC2)c(=O)[nH]1. The standard InChI is InChI=1S/C14H20N2O3/c1-9-8-10(2)15-13(18)12(9)14(19)16(6-7-17)11-4-3-5-11/h8,11,17H,3-7H2,1-2H3,(H,15,18). The van der Waals surface area contributed by atoms with Crippen LogP contribution < -0.4 is 5.56 Å². The predicted molar refractivity (Wildman–Crippen MR) is 72.3 cm³/mol. The van der Waals surface area contributed by atoms with E-state index in [0.29, 0.717) is 5.56 Å². The minimum absolute atomic E-state index is 0.0783. The molecule has 0 atom stereocenters. The number of rotatable bonds is 4. The lowest BCUT2D eigenvalue weighted by Crippen LogP contribution is -2.47. The molecule has 5 nitrogen and oxygen atoms in total. The van der Waals surface area contributed by atoms with Crippen LogP contribution in [-0.2, 0) is 0 Å². The molecule has 0 bridgehead atoms. The lowest BCUT2D eigenvalue weighted by Gasteiger charge is -2.37. The molecule has 1 aromatic heterocycles. The van der Waals surface area contributed by atoms with Crippen molar-refractivity contribution in [3.05, 3.63) is 33.2 Å². The van der Waals surface area contributed by atoms with E-state index in [-0.39, 0.29) is 36.2 Å². The van der Waals surface area contributed by atoms with Crippen molar-refractivity contribution in [2.24, 2.45) is 0 Å². The summed E-state index contributed by atoms with van der Waals surface area (Å²) in [6, 6.07) is 1.96. The number of hydrogen-bond acceptors (Lipinski definition) is 3. The molecule has 0 aromatic carbocycles. The van der Waals surface area contributed by atoms with Gasteiger partial charge in [0, 0.05) is 18.3 Å². The predicted octanol–water partition coefficient (Wildman–Crippen LogP) is 0.979. The van der Waals surface area contributed by atoms with Gasteiger partial charge in [-0.15, -0.1) is 0 Å². The van der Waals surface area contributed by atoms with Gasteiger partial charge in [-0.25, -0.2) is 0 Å². The van der Waals surface area contributed by atoms with E-state index in [4.69, 9.17) is 5.11 Å². The maximum Gasteiger partial charge on any atom is 0.261 e. The van der Waals surface area contributed by atoms with Crippen molar-refractivity contribution in [2.45, 2.75) is 39.2 Å². The zero-order valence-corrected chi connectivity index (χ0v) is 11.4. The van der Waals surface area contributed by atoms with Crippen molar-refractivity contribution in [2.75, 3.05) is 13.2 Å². The van der Waals surface area contributed by atoms with E-state index >= 15 is 0 Å². The summed E-state index contributed by atoms with van der Waals surface area (Å²) >= 11 is 0. The molecule has 1 aliphatic rings. The molecule has 1 fully saturated rings. The van der Waals surface area contributed by atoms with Crippen LogP contribution in [0.2, 0.25) is 0 Å². The maximum atomic E-state index is 12.5. The van der Waals surface area contributed by atoms with E-state index in [2.05, 4.69) is 4.98 Å². The average molecular weight is 264 g/mol. The van der Waals surface area contributed by atoms with E-state index in [9.17, 15) is 9.59 Å². The fourth-order valence-electron chi connectivity index (χ4n) is 2.52. The Morgan fingerprint density at radius 3 is 2.63 bits per heavy atom. The Hall–Kier alpha value is -1.62. The lowest BCUT2D eigenvalue weighted by atomic mass is 9.90. The smallest absolute Gasteiger partial charge is 0.261 e. The number of hydrogen-bond donors (Lipinski definition) is 2. The Bertz CT molecular complexity index is 532. The molecule has 1 aliphatic carbocycles. The van der Waals surface area contributed by atoms with E-state index in [1.54, 1.807) is 24.8 Å². The van der Waals surface area contributed by atoms with Crippen molar-refractivity contribution in [3.8, 4) is 0 Å². The quantitative estimate of drug-likeness (QED) is 0.851. The number of nitrogens with zero attached hydrogens (tertiary/aromatic N) is 1. The Labute approximate surface area is 112 Å². The second kappa shape index (κ2) is 5.57. The maximum absolute atomic E-state index is 12.5. The molecule has 1 aromatic rings. The van der Waals surface area contributed by atoms with Crippen LogP contribution in [0.1, 0.15) is 40.9 Å². The summed E-state index contributed by atoms with van der Waals surface area (Å²) < 4.78 is 0. The van der Waals surface area contributed by atoms with E-state index in [1.807, 2.05) is 0 Å². The van der Waals surface area contributed by atoms with Gasteiger partial charge in [-0.2, -0.15) is 0 Å². The molecule has 2 rings (SSSR count). The monoisotopic (exact) mass is 264 g/mol. The third-order valence-electron chi connectivity index (χ3n) is 3.70. The first-order valence-corrected chi connectivity index (χ1v) is 6.67. The molecule has 1 amide bonds. The van der Waals surface area contributed by atoms with Gasteiger partial charge in [-0.1, -0.05) is 0 Å². The van der Waals surface area contributed by atoms with Crippen LogP contribution >= 0.6 is 0 Å². The van der Waals surface area contributed by atoms with Gasteiger partial charge in [0.15, 0.2) is 0 Å². The minimum atomic E-state index is -0.343. The van der Waals surface area contributed by atoms with Gasteiger partial charge < -0.3 is 15.0 Å². The number of H-pyrrole nitrogens is 1. The highest BCUT2D eigenvalue weighted by molar-refractivity contribution is 5.95. The average Bonchev–Trinajstić information content (AvgIpc) is 2.24. The number of nitrogens with one attached hydrogen (secondary N) is 1. The summed E-state index contributed by atoms with van der Waals surface area (Å²) in [5, 5.41) is 9.10. The number of carbonyl (C=O) groups excluding carboxylic acids is 1. The largest absolute Gasteiger partial charge is 0.395 e. The number of aryl methyl sites for hydroxylation is 2. The van der Waals surface area contributed by atoms with Crippen LogP contribution in [0.4, 0.5) is 0 Å². The fourth-order valence-corrected chi connectivity index (χ4v) is 2.52. The van der Waals surface area contributed by atoms with Gasteiger partial charge in [0.2, 0.25) is 0 Å². The molecule has 1 saturated carbocycles. The van der Waals surface area contributed by atoms with Gasteiger partial charge >= 0.3 is 0 Å². The topological polar surface area (TPSA) is 73.4 Å². The van der Waals surface area contributed by atoms with Crippen LogP contribution in [0.25, 0.3) is 0 Å². The third-order valence-corrected chi connectivity index (χ3v) is 3.70. The summed E-state index contributed by atoms with van der Waals surface area (Å²) in [5.74, 6) is -0.266. The summed E-state index contributed by atoms with van der Waals surface area (Å²) in [5.41, 5.74) is 1.29.